The van der Waals surface area contributed by atoms with Crippen molar-refractivity contribution in [3.63, 3.8) is 0 Å². The second-order valence-corrected chi connectivity index (χ2v) is 10.3. The number of primary amides is 1. The molecule has 0 saturated carbocycles. The molecule has 1 fully saturated rings. The number of benzene rings is 2. The van der Waals surface area contributed by atoms with Gasteiger partial charge in [0.25, 0.3) is 5.91 Å². The molecule has 4 rings (SSSR count). The third kappa shape index (κ3) is 5.27. The summed E-state index contributed by atoms with van der Waals surface area (Å²) in [7, 11) is 3.44. The van der Waals surface area contributed by atoms with Gasteiger partial charge in [0.05, 0.1) is 6.07 Å². The van der Waals surface area contributed by atoms with E-state index in [-0.39, 0.29) is 11.9 Å². The summed E-state index contributed by atoms with van der Waals surface area (Å²) in [5, 5.41) is 18.7. The van der Waals surface area contributed by atoms with E-state index < -0.39 is 11.3 Å². The maximum absolute atomic E-state index is 13.5. The molecule has 204 valence electrons. The van der Waals surface area contributed by atoms with Crippen molar-refractivity contribution in [3.8, 4) is 6.07 Å². The van der Waals surface area contributed by atoms with Crippen LogP contribution < -0.4 is 21.7 Å². The number of carbonyl (C=O) groups excluding carboxylic acids is 2. The fraction of sp³-hybridized carbons (Fsp3) is 0.387. The third-order valence-electron chi connectivity index (χ3n) is 8.17. The van der Waals surface area contributed by atoms with Gasteiger partial charge in [0.15, 0.2) is 0 Å². The minimum atomic E-state index is -1.08. The quantitative estimate of drug-likeness (QED) is 0.353. The van der Waals surface area contributed by atoms with Crippen molar-refractivity contribution in [2.75, 3.05) is 33.7 Å². The average Bonchev–Trinajstić information content (AvgIpc) is 3.39. The van der Waals surface area contributed by atoms with E-state index in [1.807, 2.05) is 31.3 Å². The summed E-state index contributed by atoms with van der Waals surface area (Å²) in [5.74, 6) is -0.598. The van der Waals surface area contributed by atoms with Gasteiger partial charge in [-0.2, -0.15) is 5.26 Å². The highest BCUT2D eigenvalue weighted by atomic mass is 16.2. The number of aryl methyl sites for hydroxylation is 2. The van der Waals surface area contributed by atoms with Crippen LogP contribution in [0.25, 0.3) is 5.70 Å². The van der Waals surface area contributed by atoms with Gasteiger partial charge in [-0.1, -0.05) is 31.4 Å². The molecule has 0 spiro atoms. The Morgan fingerprint density at radius 1 is 1.08 bits per heavy atom. The molecule has 39 heavy (non-hydrogen) atoms. The summed E-state index contributed by atoms with van der Waals surface area (Å²) < 4.78 is 0. The first-order chi connectivity index (χ1) is 18.8. The first-order valence-electron chi connectivity index (χ1n) is 13.5. The molecule has 0 bridgehead atoms. The molecule has 2 aliphatic rings. The van der Waals surface area contributed by atoms with Gasteiger partial charge < -0.3 is 26.6 Å². The highest BCUT2D eigenvalue weighted by Gasteiger charge is 2.44. The Morgan fingerprint density at radius 3 is 2.31 bits per heavy atom. The average molecular weight is 527 g/mol. The van der Waals surface area contributed by atoms with Crippen LogP contribution in [0.3, 0.4) is 0 Å². The molecule has 2 amide bonds. The number of fused-ring (bicyclic) bond motifs is 2. The second kappa shape index (κ2) is 11.7. The molecule has 2 aromatic carbocycles. The van der Waals surface area contributed by atoms with Gasteiger partial charge >= 0.3 is 0 Å². The Hall–Kier alpha value is -4.09. The lowest BCUT2D eigenvalue weighted by atomic mass is 9.69. The molecule has 1 aliphatic carbocycles. The van der Waals surface area contributed by atoms with Crippen molar-refractivity contribution in [1.82, 2.24) is 20.9 Å². The zero-order valence-corrected chi connectivity index (χ0v) is 22.9. The smallest absolute Gasteiger partial charge is 0.251 e. The summed E-state index contributed by atoms with van der Waals surface area (Å²) in [6.45, 7) is 10.2. The summed E-state index contributed by atoms with van der Waals surface area (Å²) >= 11 is 0. The van der Waals surface area contributed by atoms with E-state index in [0.717, 1.165) is 58.6 Å². The SMILES string of the molecule is C=C(NC)c1ccc2c(c1)CCc1cc(C(=O)NC)ccc1C2(CCNCC(=C)N1CCCC1C#N)C(N)=O. The predicted molar refractivity (Wildman–Crippen MR) is 154 cm³/mol. The van der Waals surface area contributed by atoms with E-state index in [4.69, 9.17) is 5.73 Å². The van der Waals surface area contributed by atoms with Gasteiger partial charge in [-0.25, -0.2) is 0 Å². The number of nitrogens with one attached hydrogen (secondary N) is 3. The highest BCUT2D eigenvalue weighted by molar-refractivity contribution is 5.96. The van der Waals surface area contributed by atoms with Crippen LogP contribution in [0, 0.1) is 11.3 Å². The molecule has 8 nitrogen and oxygen atoms in total. The Labute approximate surface area is 230 Å². The van der Waals surface area contributed by atoms with Crippen LogP contribution in [-0.2, 0) is 23.1 Å². The molecular weight excluding hydrogens is 488 g/mol. The van der Waals surface area contributed by atoms with Crippen LogP contribution in [0.15, 0.2) is 55.3 Å². The monoisotopic (exact) mass is 526 g/mol. The minimum Gasteiger partial charge on any atom is -0.388 e. The lowest BCUT2D eigenvalue weighted by molar-refractivity contribution is -0.122. The summed E-state index contributed by atoms with van der Waals surface area (Å²) in [4.78, 5) is 28.0. The molecule has 1 aliphatic heterocycles. The summed E-state index contributed by atoms with van der Waals surface area (Å²) in [6, 6.07) is 13.8. The topological polar surface area (TPSA) is 123 Å². The fourth-order valence-corrected chi connectivity index (χ4v) is 6.01. The number of nitrogens with two attached hydrogens (primary N) is 1. The van der Waals surface area contributed by atoms with E-state index in [1.54, 1.807) is 13.1 Å². The van der Waals surface area contributed by atoms with Gasteiger partial charge in [-0.15, -0.1) is 0 Å². The molecule has 1 heterocycles. The maximum atomic E-state index is 13.5. The lowest BCUT2D eigenvalue weighted by Crippen LogP contribution is -2.45. The van der Waals surface area contributed by atoms with Crippen LogP contribution >= 0.6 is 0 Å². The third-order valence-corrected chi connectivity index (χ3v) is 8.17. The molecule has 5 N–H and O–H groups in total. The van der Waals surface area contributed by atoms with Crippen LogP contribution in [0.2, 0.25) is 0 Å². The van der Waals surface area contributed by atoms with Crippen molar-refractivity contribution in [1.29, 1.82) is 5.26 Å². The number of nitriles is 1. The van der Waals surface area contributed by atoms with Gasteiger partial charge in [-0.05, 0) is 84.7 Å². The number of hydrogen-bond acceptors (Lipinski definition) is 6. The lowest BCUT2D eigenvalue weighted by Gasteiger charge is -2.34. The van der Waals surface area contributed by atoms with Crippen molar-refractivity contribution >= 4 is 17.5 Å². The van der Waals surface area contributed by atoms with Crippen LogP contribution in [0.1, 0.15) is 57.4 Å². The standard InChI is InChI=1S/C31H38N6O2/c1-20(37-15-5-6-26(37)18-32)19-36-14-13-31(30(33)39)27-11-9-22(21(2)34-3)16-23(27)7-8-24-17-25(29(38)35-4)10-12-28(24)31/h9-12,16-17,26,34,36H,1-2,5-8,13-15,19H2,3-4H3,(H2,33,39)(H,35,38). The first-order valence-corrected chi connectivity index (χ1v) is 13.5. The Morgan fingerprint density at radius 2 is 1.72 bits per heavy atom. The molecule has 1 saturated heterocycles. The number of amides is 2. The van der Waals surface area contributed by atoms with Crippen molar-refractivity contribution < 1.29 is 9.59 Å². The van der Waals surface area contributed by atoms with Crippen LogP contribution in [0.5, 0.6) is 0 Å². The van der Waals surface area contributed by atoms with E-state index in [9.17, 15) is 14.9 Å². The molecule has 2 unspecified atom stereocenters. The summed E-state index contributed by atoms with van der Waals surface area (Å²) in [5.41, 5.74) is 12.1. The predicted octanol–water partition coefficient (Wildman–Crippen LogP) is 2.59. The first kappa shape index (κ1) is 27.9. The van der Waals surface area contributed by atoms with Crippen molar-refractivity contribution in [2.24, 2.45) is 5.73 Å². The minimum absolute atomic E-state index is 0.132. The molecule has 2 atom stereocenters. The number of hydrogen-bond donors (Lipinski definition) is 4. The fourth-order valence-electron chi connectivity index (χ4n) is 6.01. The van der Waals surface area contributed by atoms with E-state index in [1.165, 1.54) is 0 Å². The molecular formula is C31H38N6O2. The Bertz CT molecular complexity index is 1270. The van der Waals surface area contributed by atoms with E-state index in [2.05, 4.69) is 46.1 Å². The second-order valence-electron chi connectivity index (χ2n) is 10.3. The number of likely N-dealkylation sites (tertiary alicyclic amines) is 1. The molecule has 0 aromatic heterocycles. The zero-order valence-electron chi connectivity index (χ0n) is 22.9. The largest absolute Gasteiger partial charge is 0.388 e. The Balaban J connectivity index is 1.70. The van der Waals surface area contributed by atoms with Crippen molar-refractivity contribution in [2.45, 2.75) is 43.6 Å². The molecule has 2 aromatic rings. The molecule has 0 radical (unpaired) electrons. The van der Waals surface area contributed by atoms with Crippen molar-refractivity contribution in [3.05, 3.63) is 88.6 Å². The highest BCUT2D eigenvalue weighted by Crippen LogP contribution is 2.43. The zero-order chi connectivity index (χ0) is 28.2. The normalized spacial score (nSPS) is 19.7. The number of nitrogens with zero attached hydrogens (tertiary/aromatic N) is 2. The number of carbonyl (C=O) groups is 2. The number of rotatable bonds is 10. The maximum Gasteiger partial charge on any atom is 0.251 e. The van der Waals surface area contributed by atoms with E-state index >= 15 is 0 Å². The van der Waals surface area contributed by atoms with Gasteiger partial charge in [0, 0.05) is 44.1 Å². The van der Waals surface area contributed by atoms with E-state index in [0.29, 0.717) is 37.9 Å². The van der Waals surface area contributed by atoms with Gasteiger partial charge in [0.2, 0.25) is 5.91 Å². The summed E-state index contributed by atoms with van der Waals surface area (Å²) in [6.07, 6.45) is 3.65. The molecule has 8 heteroatoms. The van der Waals surface area contributed by atoms with Crippen LogP contribution in [-0.4, -0.2) is 56.5 Å². The van der Waals surface area contributed by atoms with Gasteiger partial charge in [0.1, 0.15) is 11.5 Å². The van der Waals surface area contributed by atoms with Gasteiger partial charge in [-0.3, -0.25) is 9.59 Å². The van der Waals surface area contributed by atoms with Crippen LogP contribution in [0.4, 0.5) is 0 Å². The Kier molecular flexibility index (Phi) is 8.41.